The number of carbonyl (C=O) groups excluding carboxylic acids is 1. The maximum atomic E-state index is 12.7. The number of rotatable bonds is 5. The number of aromatic nitrogens is 3. The SMILES string of the molecule is CC(C)OC(=O)c1c(-c2ccc(S(C)(=O)=O)cc2)c(-c2ccncc2)nn1C. The van der Waals surface area contributed by atoms with Crippen LogP contribution in [0.4, 0.5) is 0 Å². The minimum absolute atomic E-state index is 0.205. The first-order valence-corrected chi connectivity index (χ1v) is 10.6. The highest BCUT2D eigenvalue weighted by Gasteiger charge is 2.26. The molecule has 0 bridgehead atoms. The van der Waals surface area contributed by atoms with Crippen molar-refractivity contribution in [2.75, 3.05) is 6.26 Å². The van der Waals surface area contributed by atoms with Crippen LogP contribution in [0.25, 0.3) is 22.4 Å². The Morgan fingerprint density at radius 3 is 2.18 bits per heavy atom. The van der Waals surface area contributed by atoms with Crippen LogP contribution in [-0.2, 0) is 21.6 Å². The van der Waals surface area contributed by atoms with Gasteiger partial charge in [0, 0.05) is 36.8 Å². The summed E-state index contributed by atoms with van der Waals surface area (Å²) in [6.07, 6.45) is 4.16. The van der Waals surface area contributed by atoms with Gasteiger partial charge in [-0.1, -0.05) is 12.1 Å². The van der Waals surface area contributed by atoms with Gasteiger partial charge >= 0.3 is 5.97 Å². The molecule has 7 nitrogen and oxygen atoms in total. The predicted octanol–water partition coefficient (Wildman–Crippen LogP) is 3.12. The van der Waals surface area contributed by atoms with Crippen LogP contribution in [0.3, 0.4) is 0 Å². The molecule has 2 heterocycles. The van der Waals surface area contributed by atoms with Crippen molar-refractivity contribution < 1.29 is 17.9 Å². The van der Waals surface area contributed by atoms with E-state index in [2.05, 4.69) is 10.1 Å². The zero-order chi connectivity index (χ0) is 20.5. The van der Waals surface area contributed by atoms with Crippen molar-refractivity contribution in [2.45, 2.75) is 24.8 Å². The van der Waals surface area contributed by atoms with Crippen molar-refractivity contribution in [2.24, 2.45) is 7.05 Å². The third-order valence-electron chi connectivity index (χ3n) is 4.11. The number of benzene rings is 1. The van der Waals surface area contributed by atoms with Gasteiger partial charge in [0.25, 0.3) is 0 Å². The van der Waals surface area contributed by atoms with E-state index in [0.717, 1.165) is 11.8 Å². The van der Waals surface area contributed by atoms with E-state index in [1.165, 1.54) is 16.8 Å². The number of esters is 1. The van der Waals surface area contributed by atoms with Crippen molar-refractivity contribution in [3.63, 3.8) is 0 Å². The van der Waals surface area contributed by atoms with E-state index in [9.17, 15) is 13.2 Å². The van der Waals surface area contributed by atoms with E-state index in [4.69, 9.17) is 4.74 Å². The fourth-order valence-corrected chi connectivity index (χ4v) is 3.51. The predicted molar refractivity (Wildman–Crippen MR) is 106 cm³/mol. The van der Waals surface area contributed by atoms with Crippen LogP contribution in [0.1, 0.15) is 24.3 Å². The molecule has 0 amide bonds. The molecule has 146 valence electrons. The first kappa shape index (κ1) is 19.8. The molecule has 0 atom stereocenters. The summed E-state index contributed by atoms with van der Waals surface area (Å²) in [4.78, 5) is 17.0. The lowest BCUT2D eigenvalue weighted by Crippen LogP contribution is -2.16. The van der Waals surface area contributed by atoms with E-state index in [-0.39, 0.29) is 11.0 Å². The number of hydrogen-bond acceptors (Lipinski definition) is 6. The van der Waals surface area contributed by atoms with E-state index < -0.39 is 15.8 Å². The molecule has 3 aromatic rings. The van der Waals surface area contributed by atoms with E-state index in [0.29, 0.717) is 22.5 Å². The lowest BCUT2D eigenvalue weighted by atomic mass is 9.99. The summed E-state index contributed by atoms with van der Waals surface area (Å²) in [5.74, 6) is -0.493. The fourth-order valence-electron chi connectivity index (χ4n) is 2.88. The van der Waals surface area contributed by atoms with Gasteiger partial charge in [0.15, 0.2) is 15.5 Å². The van der Waals surface area contributed by atoms with Gasteiger partial charge < -0.3 is 4.74 Å². The molecule has 0 aliphatic rings. The summed E-state index contributed by atoms with van der Waals surface area (Å²) in [7, 11) is -1.65. The first-order valence-electron chi connectivity index (χ1n) is 8.67. The molecule has 0 saturated carbocycles. The van der Waals surface area contributed by atoms with Crippen LogP contribution in [-0.4, -0.2) is 41.5 Å². The average molecular weight is 399 g/mol. The molecule has 0 spiro atoms. The lowest BCUT2D eigenvalue weighted by molar-refractivity contribution is 0.0366. The molecule has 2 aromatic heterocycles. The number of hydrogen-bond donors (Lipinski definition) is 0. The summed E-state index contributed by atoms with van der Waals surface area (Å²) in [5, 5.41) is 4.53. The molecule has 0 aliphatic heterocycles. The Hall–Kier alpha value is -3.00. The van der Waals surface area contributed by atoms with Gasteiger partial charge in [0.2, 0.25) is 0 Å². The van der Waals surface area contributed by atoms with Gasteiger partial charge in [-0.05, 0) is 43.7 Å². The fraction of sp³-hybridized carbons (Fsp3) is 0.250. The van der Waals surface area contributed by atoms with E-state index in [1.807, 2.05) is 0 Å². The van der Waals surface area contributed by atoms with Gasteiger partial charge in [-0.3, -0.25) is 9.67 Å². The van der Waals surface area contributed by atoms with Crippen LogP contribution < -0.4 is 0 Å². The summed E-state index contributed by atoms with van der Waals surface area (Å²) < 4.78 is 30.4. The number of pyridine rings is 1. The van der Waals surface area contributed by atoms with Gasteiger partial charge in [0.05, 0.1) is 11.0 Å². The zero-order valence-corrected chi connectivity index (χ0v) is 16.9. The molecule has 8 heteroatoms. The molecule has 0 aliphatic carbocycles. The van der Waals surface area contributed by atoms with Gasteiger partial charge in [0.1, 0.15) is 5.69 Å². The molecule has 0 unspecified atom stereocenters. The molecule has 0 fully saturated rings. The highest BCUT2D eigenvalue weighted by atomic mass is 32.2. The van der Waals surface area contributed by atoms with Gasteiger partial charge in [-0.25, -0.2) is 13.2 Å². The quantitative estimate of drug-likeness (QED) is 0.612. The molecule has 28 heavy (non-hydrogen) atoms. The minimum atomic E-state index is -3.32. The molecule has 1 aromatic carbocycles. The van der Waals surface area contributed by atoms with Crippen LogP contribution in [0.5, 0.6) is 0 Å². The Balaban J connectivity index is 2.23. The number of aryl methyl sites for hydroxylation is 1. The highest BCUT2D eigenvalue weighted by Crippen LogP contribution is 2.35. The number of carbonyl (C=O) groups is 1. The first-order chi connectivity index (χ1) is 13.2. The van der Waals surface area contributed by atoms with Crippen molar-refractivity contribution in [3.8, 4) is 22.4 Å². The Morgan fingerprint density at radius 2 is 1.64 bits per heavy atom. The number of ether oxygens (including phenoxy) is 1. The normalized spacial score (nSPS) is 11.6. The average Bonchev–Trinajstić information content (AvgIpc) is 2.98. The number of sulfone groups is 1. The summed E-state index contributed by atoms with van der Waals surface area (Å²) >= 11 is 0. The Kier molecular flexibility index (Phi) is 5.33. The summed E-state index contributed by atoms with van der Waals surface area (Å²) in [6.45, 7) is 3.55. The summed E-state index contributed by atoms with van der Waals surface area (Å²) in [6, 6.07) is 9.98. The van der Waals surface area contributed by atoms with Crippen molar-refractivity contribution in [1.29, 1.82) is 0 Å². The highest BCUT2D eigenvalue weighted by molar-refractivity contribution is 7.90. The smallest absolute Gasteiger partial charge is 0.357 e. The van der Waals surface area contributed by atoms with E-state index >= 15 is 0 Å². The van der Waals surface area contributed by atoms with Crippen molar-refractivity contribution >= 4 is 15.8 Å². The van der Waals surface area contributed by atoms with Gasteiger partial charge in [-0.15, -0.1) is 0 Å². The molecular formula is C20H21N3O4S. The monoisotopic (exact) mass is 399 g/mol. The minimum Gasteiger partial charge on any atom is -0.458 e. The second kappa shape index (κ2) is 7.55. The van der Waals surface area contributed by atoms with Crippen molar-refractivity contribution in [3.05, 3.63) is 54.5 Å². The molecule has 0 N–H and O–H groups in total. The van der Waals surface area contributed by atoms with Crippen LogP contribution in [0.2, 0.25) is 0 Å². The van der Waals surface area contributed by atoms with Crippen LogP contribution in [0.15, 0.2) is 53.7 Å². The Morgan fingerprint density at radius 1 is 1.04 bits per heavy atom. The number of nitrogens with zero attached hydrogens (tertiary/aromatic N) is 3. The second-order valence-corrected chi connectivity index (χ2v) is 8.70. The maximum Gasteiger partial charge on any atom is 0.357 e. The molecule has 0 saturated heterocycles. The lowest BCUT2D eigenvalue weighted by Gasteiger charge is -2.11. The largest absolute Gasteiger partial charge is 0.458 e. The third-order valence-corrected chi connectivity index (χ3v) is 5.24. The van der Waals surface area contributed by atoms with E-state index in [1.54, 1.807) is 57.6 Å². The standard InChI is InChI=1S/C20H21N3O4S/c1-13(2)27-20(24)19-17(14-5-7-16(8-6-14)28(4,25)26)18(22-23(19)3)15-9-11-21-12-10-15/h5-13H,1-4H3. The van der Waals surface area contributed by atoms with Gasteiger partial charge in [-0.2, -0.15) is 5.10 Å². The topological polar surface area (TPSA) is 91.2 Å². The molecular weight excluding hydrogens is 378 g/mol. The van der Waals surface area contributed by atoms with Crippen LogP contribution in [0, 0.1) is 0 Å². The maximum absolute atomic E-state index is 12.7. The molecule has 0 radical (unpaired) electrons. The summed E-state index contributed by atoms with van der Waals surface area (Å²) in [5.41, 5.74) is 2.93. The van der Waals surface area contributed by atoms with Crippen LogP contribution >= 0.6 is 0 Å². The third kappa shape index (κ3) is 3.96. The Bertz CT molecular complexity index is 1100. The zero-order valence-electron chi connectivity index (χ0n) is 16.1. The Labute approximate surface area is 163 Å². The molecule has 3 rings (SSSR count). The second-order valence-electron chi connectivity index (χ2n) is 6.68. The van der Waals surface area contributed by atoms with Crippen molar-refractivity contribution in [1.82, 2.24) is 14.8 Å².